The second-order valence-corrected chi connectivity index (χ2v) is 4.86. The fourth-order valence-corrected chi connectivity index (χ4v) is 2.67. The van der Waals surface area contributed by atoms with Crippen LogP contribution in [0.1, 0.15) is 43.7 Å². The largest absolute Gasteiger partial charge is 0.504 e. The number of hydrogen-bond donors (Lipinski definition) is 2. The van der Waals surface area contributed by atoms with Gasteiger partial charge in [0.15, 0.2) is 11.5 Å². The van der Waals surface area contributed by atoms with Gasteiger partial charge in [0.2, 0.25) is 0 Å². The molecular formula is C14H22ClNO2. The number of rotatable bonds is 3. The van der Waals surface area contributed by atoms with Crippen molar-refractivity contribution >= 4 is 12.4 Å². The quantitative estimate of drug-likeness (QED) is 0.886. The van der Waals surface area contributed by atoms with Gasteiger partial charge in [0, 0.05) is 6.04 Å². The predicted molar refractivity (Wildman–Crippen MR) is 75.4 cm³/mol. The number of halogens is 1. The lowest BCUT2D eigenvalue weighted by atomic mass is 9.81. The zero-order valence-corrected chi connectivity index (χ0v) is 11.6. The van der Waals surface area contributed by atoms with Crippen molar-refractivity contribution in [2.45, 2.75) is 38.1 Å². The van der Waals surface area contributed by atoms with Gasteiger partial charge >= 0.3 is 0 Å². The standard InChI is InChI=1S/C14H21NO2.ClH/c1-17-13-9-11(7-8-12(13)16)14(15)10-5-3-2-4-6-10;/h7-10,14,16H,2-6,15H2,1H3;1H/t14-;/m0./s1. The van der Waals surface area contributed by atoms with E-state index in [2.05, 4.69) is 0 Å². The minimum atomic E-state index is 0. The van der Waals surface area contributed by atoms with E-state index in [0.29, 0.717) is 11.7 Å². The maximum absolute atomic E-state index is 9.56. The molecule has 0 heterocycles. The van der Waals surface area contributed by atoms with Gasteiger partial charge in [0.05, 0.1) is 7.11 Å². The van der Waals surface area contributed by atoms with Crippen LogP contribution in [0.4, 0.5) is 0 Å². The van der Waals surface area contributed by atoms with Crippen molar-refractivity contribution in [1.29, 1.82) is 0 Å². The lowest BCUT2D eigenvalue weighted by Gasteiger charge is -2.28. The Morgan fingerprint density at radius 3 is 2.56 bits per heavy atom. The summed E-state index contributed by atoms with van der Waals surface area (Å²) in [6.07, 6.45) is 6.33. The third-order valence-electron chi connectivity index (χ3n) is 3.75. The maximum Gasteiger partial charge on any atom is 0.160 e. The molecule has 1 fully saturated rings. The second-order valence-electron chi connectivity index (χ2n) is 4.86. The van der Waals surface area contributed by atoms with Gasteiger partial charge in [-0.15, -0.1) is 12.4 Å². The van der Waals surface area contributed by atoms with Crippen LogP contribution >= 0.6 is 12.4 Å². The first-order valence-corrected chi connectivity index (χ1v) is 6.35. The first-order chi connectivity index (χ1) is 8.22. The molecule has 3 nitrogen and oxygen atoms in total. The fourth-order valence-electron chi connectivity index (χ4n) is 2.67. The van der Waals surface area contributed by atoms with Crippen molar-refractivity contribution < 1.29 is 9.84 Å². The smallest absolute Gasteiger partial charge is 0.160 e. The van der Waals surface area contributed by atoms with Crippen LogP contribution in [0, 0.1) is 5.92 Å². The summed E-state index contributed by atoms with van der Waals surface area (Å²) in [4.78, 5) is 0. The molecule has 0 aliphatic heterocycles. The van der Waals surface area contributed by atoms with E-state index >= 15 is 0 Å². The molecular weight excluding hydrogens is 250 g/mol. The Kier molecular flexibility index (Phi) is 5.76. The molecule has 2 rings (SSSR count). The number of hydrogen-bond acceptors (Lipinski definition) is 3. The minimum absolute atomic E-state index is 0. The zero-order chi connectivity index (χ0) is 12.3. The molecule has 102 valence electrons. The molecule has 3 N–H and O–H groups in total. The summed E-state index contributed by atoms with van der Waals surface area (Å²) in [5, 5.41) is 9.56. The second kappa shape index (κ2) is 6.86. The van der Waals surface area contributed by atoms with E-state index in [-0.39, 0.29) is 24.2 Å². The van der Waals surface area contributed by atoms with E-state index in [0.717, 1.165) is 5.56 Å². The summed E-state index contributed by atoms with van der Waals surface area (Å²) in [6.45, 7) is 0. The highest BCUT2D eigenvalue weighted by Gasteiger charge is 2.22. The summed E-state index contributed by atoms with van der Waals surface area (Å²) >= 11 is 0. The minimum Gasteiger partial charge on any atom is -0.504 e. The average molecular weight is 272 g/mol. The van der Waals surface area contributed by atoms with Crippen LogP contribution in [-0.2, 0) is 0 Å². The van der Waals surface area contributed by atoms with Gasteiger partial charge in [0.1, 0.15) is 0 Å². The summed E-state index contributed by atoms with van der Waals surface area (Å²) in [6, 6.07) is 5.48. The third kappa shape index (κ3) is 3.30. The van der Waals surface area contributed by atoms with Gasteiger partial charge in [-0.3, -0.25) is 0 Å². The molecule has 0 bridgehead atoms. The van der Waals surface area contributed by atoms with Crippen LogP contribution in [0.15, 0.2) is 18.2 Å². The molecule has 18 heavy (non-hydrogen) atoms. The molecule has 1 aliphatic carbocycles. The van der Waals surface area contributed by atoms with Gasteiger partial charge in [-0.05, 0) is 36.5 Å². The van der Waals surface area contributed by atoms with Crippen molar-refractivity contribution in [1.82, 2.24) is 0 Å². The van der Waals surface area contributed by atoms with Crippen molar-refractivity contribution in [2.24, 2.45) is 11.7 Å². The molecule has 1 atom stereocenters. The van der Waals surface area contributed by atoms with Gasteiger partial charge in [-0.1, -0.05) is 25.3 Å². The molecule has 0 saturated heterocycles. The van der Waals surface area contributed by atoms with E-state index in [1.165, 1.54) is 32.1 Å². The van der Waals surface area contributed by atoms with E-state index in [4.69, 9.17) is 10.5 Å². The number of methoxy groups -OCH3 is 1. The van der Waals surface area contributed by atoms with Gasteiger partial charge in [0.25, 0.3) is 0 Å². The van der Waals surface area contributed by atoms with Gasteiger partial charge in [-0.2, -0.15) is 0 Å². The molecule has 0 radical (unpaired) electrons. The Labute approximate surface area is 115 Å². The monoisotopic (exact) mass is 271 g/mol. The van der Waals surface area contributed by atoms with Crippen LogP contribution in [-0.4, -0.2) is 12.2 Å². The Morgan fingerprint density at radius 2 is 1.94 bits per heavy atom. The highest BCUT2D eigenvalue weighted by molar-refractivity contribution is 5.85. The van der Waals surface area contributed by atoms with Gasteiger partial charge < -0.3 is 15.6 Å². The molecule has 0 amide bonds. The topological polar surface area (TPSA) is 55.5 Å². The molecule has 0 spiro atoms. The maximum atomic E-state index is 9.56. The fraction of sp³-hybridized carbons (Fsp3) is 0.571. The summed E-state index contributed by atoms with van der Waals surface area (Å²) in [5.41, 5.74) is 7.37. The summed E-state index contributed by atoms with van der Waals surface area (Å²) in [7, 11) is 1.56. The van der Waals surface area contributed by atoms with Crippen LogP contribution in [0.2, 0.25) is 0 Å². The highest BCUT2D eigenvalue weighted by Crippen LogP contribution is 2.35. The number of nitrogens with two attached hydrogens (primary N) is 1. The molecule has 1 saturated carbocycles. The Morgan fingerprint density at radius 1 is 1.28 bits per heavy atom. The Balaban J connectivity index is 0.00000162. The highest BCUT2D eigenvalue weighted by atomic mass is 35.5. The Bertz CT molecular complexity index is 378. The number of ether oxygens (including phenoxy) is 1. The van der Waals surface area contributed by atoms with Crippen LogP contribution < -0.4 is 10.5 Å². The molecule has 0 unspecified atom stereocenters. The van der Waals surface area contributed by atoms with Crippen molar-refractivity contribution in [3.63, 3.8) is 0 Å². The van der Waals surface area contributed by atoms with E-state index < -0.39 is 0 Å². The lowest BCUT2D eigenvalue weighted by molar-refractivity contribution is 0.307. The number of phenols is 1. The molecule has 4 heteroatoms. The predicted octanol–water partition coefficient (Wildman–Crippen LogP) is 3.40. The number of aromatic hydroxyl groups is 1. The summed E-state index contributed by atoms with van der Waals surface area (Å²) in [5.74, 6) is 1.25. The van der Waals surface area contributed by atoms with Gasteiger partial charge in [-0.25, -0.2) is 0 Å². The molecule has 0 aromatic heterocycles. The SMILES string of the molecule is COc1cc([C@@H](N)C2CCCCC2)ccc1O.Cl. The third-order valence-corrected chi connectivity index (χ3v) is 3.75. The normalized spacial score (nSPS) is 17.9. The molecule has 1 aromatic rings. The van der Waals surface area contributed by atoms with E-state index in [9.17, 15) is 5.11 Å². The molecule has 1 aromatic carbocycles. The first kappa shape index (κ1) is 15.1. The summed E-state index contributed by atoms with van der Waals surface area (Å²) < 4.78 is 5.12. The number of benzene rings is 1. The zero-order valence-electron chi connectivity index (χ0n) is 10.8. The average Bonchev–Trinajstić information content (AvgIpc) is 2.39. The van der Waals surface area contributed by atoms with Crippen LogP contribution in [0.5, 0.6) is 11.5 Å². The van der Waals surface area contributed by atoms with Crippen molar-refractivity contribution in [3.8, 4) is 11.5 Å². The van der Waals surface area contributed by atoms with Crippen LogP contribution in [0.25, 0.3) is 0 Å². The first-order valence-electron chi connectivity index (χ1n) is 6.35. The Hall–Kier alpha value is -0.930. The van der Waals surface area contributed by atoms with Crippen molar-refractivity contribution in [2.75, 3.05) is 7.11 Å². The number of phenolic OH excluding ortho intramolecular Hbond substituents is 1. The molecule has 1 aliphatic rings. The van der Waals surface area contributed by atoms with Crippen molar-refractivity contribution in [3.05, 3.63) is 23.8 Å². The lowest BCUT2D eigenvalue weighted by Crippen LogP contribution is -2.23. The van der Waals surface area contributed by atoms with E-state index in [1.807, 2.05) is 12.1 Å². The van der Waals surface area contributed by atoms with Crippen LogP contribution in [0.3, 0.4) is 0 Å². The van der Waals surface area contributed by atoms with E-state index in [1.54, 1.807) is 13.2 Å².